The molecular weight excluding hydrogens is 298 g/mol. The number of rotatable bonds is 6. The van der Waals surface area contributed by atoms with Gasteiger partial charge < -0.3 is 4.74 Å². The minimum atomic E-state index is -0.159. The summed E-state index contributed by atoms with van der Waals surface area (Å²) in [6, 6.07) is 0. The highest BCUT2D eigenvalue weighted by Crippen LogP contribution is 2.32. The lowest BCUT2D eigenvalue weighted by Gasteiger charge is -2.31. The zero-order valence-corrected chi connectivity index (χ0v) is 15.0. The van der Waals surface area contributed by atoms with E-state index in [1.165, 1.54) is 4.90 Å². The van der Waals surface area contributed by atoms with Gasteiger partial charge in [0.05, 0.1) is 17.5 Å². The Kier molecular flexibility index (Phi) is 6.33. The second kappa shape index (κ2) is 7.82. The van der Waals surface area contributed by atoms with Gasteiger partial charge in [0, 0.05) is 13.0 Å². The second-order valence-corrected chi connectivity index (χ2v) is 8.83. The van der Waals surface area contributed by atoms with E-state index < -0.39 is 0 Å². The Morgan fingerprint density at radius 2 is 1.77 bits per heavy atom. The van der Waals surface area contributed by atoms with Gasteiger partial charge in [-0.15, -0.1) is 11.8 Å². The van der Waals surface area contributed by atoms with Crippen LogP contribution in [-0.2, 0) is 14.3 Å². The highest BCUT2D eigenvalue weighted by molar-refractivity contribution is 8.01. The predicted octanol–water partition coefficient (Wildman–Crippen LogP) is 3.24. The maximum Gasteiger partial charge on any atom is 0.242 e. The molecule has 0 N–H and O–H groups in total. The maximum atomic E-state index is 12.4. The van der Waals surface area contributed by atoms with Crippen LogP contribution in [-0.4, -0.2) is 46.0 Å². The van der Waals surface area contributed by atoms with Crippen LogP contribution in [0.2, 0.25) is 0 Å². The number of ether oxygens (including phenoxy) is 1. The van der Waals surface area contributed by atoms with Gasteiger partial charge in [-0.05, 0) is 50.7 Å². The molecule has 2 rings (SSSR count). The largest absolute Gasteiger partial charge is 0.376 e. The number of nitrogens with zero attached hydrogens (tertiary/aromatic N) is 1. The second-order valence-electron chi connectivity index (χ2n) is 7.05. The summed E-state index contributed by atoms with van der Waals surface area (Å²) in [5, 5.41) is 0.221. The molecule has 5 heteroatoms. The fourth-order valence-corrected chi connectivity index (χ4v) is 4.51. The minimum absolute atomic E-state index is 0.0173. The lowest BCUT2D eigenvalue weighted by Crippen LogP contribution is -2.38. The SMILES string of the molecule is CC(C)OC1CCC(CN2C(=O)CC(SC(C)C)C2=O)CC1. The fraction of sp³-hybridized carbons (Fsp3) is 0.882. The predicted molar refractivity (Wildman–Crippen MR) is 89.8 cm³/mol. The van der Waals surface area contributed by atoms with E-state index in [0.29, 0.717) is 30.2 Å². The van der Waals surface area contributed by atoms with Gasteiger partial charge >= 0.3 is 0 Å². The molecule has 2 aliphatic rings. The molecule has 0 aromatic carbocycles. The van der Waals surface area contributed by atoms with Crippen molar-refractivity contribution in [3.05, 3.63) is 0 Å². The Hall–Kier alpha value is -0.550. The van der Waals surface area contributed by atoms with Gasteiger partial charge in [0.1, 0.15) is 0 Å². The van der Waals surface area contributed by atoms with E-state index >= 15 is 0 Å². The standard InChI is InChI=1S/C17H29NO3S/c1-11(2)21-14-7-5-13(6-8-14)10-18-16(19)9-15(17(18)20)22-12(3)4/h11-15H,5-10H2,1-4H3. The molecule has 1 saturated carbocycles. The molecule has 1 saturated heterocycles. The minimum Gasteiger partial charge on any atom is -0.376 e. The maximum absolute atomic E-state index is 12.4. The Bertz CT molecular complexity index is 403. The molecule has 0 spiro atoms. The van der Waals surface area contributed by atoms with Crippen molar-refractivity contribution in [3.8, 4) is 0 Å². The Labute approximate surface area is 138 Å². The van der Waals surface area contributed by atoms with E-state index in [0.717, 1.165) is 25.7 Å². The summed E-state index contributed by atoms with van der Waals surface area (Å²) in [4.78, 5) is 26.0. The van der Waals surface area contributed by atoms with Crippen molar-refractivity contribution >= 4 is 23.6 Å². The van der Waals surface area contributed by atoms with E-state index in [9.17, 15) is 9.59 Å². The van der Waals surface area contributed by atoms with Crippen molar-refractivity contribution in [1.82, 2.24) is 4.90 Å². The molecule has 1 heterocycles. The number of amides is 2. The van der Waals surface area contributed by atoms with Crippen LogP contribution in [0.25, 0.3) is 0 Å². The van der Waals surface area contributed by atoms with Crippen LogP contribution < -0.4 is 0 Å². The normalized spacial score (nSPS) is 29.9. The molecule has 0 aromatic rings. The first-order chi connectivity index (χ1) is 10.4. The molecule has 2 fully saturated rings. The molecule has 22 heavy (non-hydrogen) atoms. The van der Waals surface area contributed by atoms with Crippen LogP contribution in [0.1, 0.15) is 59.8 Å². The molecule has 0 bridgehead atoms. The smallest absolute Gasteiger partial charge is 0.242 e. The molecule has 0 aromatic heterocycles. The molecule has 1 atom stereocenters. The van der Waals surface area contributed by atoms with Crippen molar-refractivity contribution in [2.75, 3.05) is 6.54 Å². The molecular formula is C17H29NO3S. The van der Waals surface area contributed by atoms with Crippen molar-refractivity contribution < 1.29 is 14.3 Å². The summed E-state index contributed by atoms with van der Waals surface area (Å²) in [5.41, 5.74) is 0. The first-order valence-electron chi connectivity index (χ1n) is 8.52. The van der Waals surface area contributed by atoms with Crippen molar-refractivity contribution in [3.63, 3.8) is 0 Å². The lowest BCUT2D eigenvalue weighted by atomic mass is 9.87. The Balaban J connectivity index is 1.82. The average molecular weight is 327 g/mol. The van der Waals surface area contributed by atoms with Gasteiger partial charge in [0.25, 0.3) is 0 Å². The number of likely N-dealkylation sites (tertiary alicyclic amines) is 1. The first-order valence-corrected chi connectivity index (χ1v) is 9.46. The van der Waals surface area contributed by atoms with E-state index in [4.69, 9.17) is 4.74 Å². The fourth-order valence-electron chi connectivity index (χ4n) is 3.37. The highest BCUT2D eigenvalue weighted by Gasteiger charge is 2.40. The number of hydrogen-bond acceptors (Lipinski definition) is 4. The third kappa shape index (κ3) is 4.72. The van der Waals surface area contributed by atoms with Gasteiger partial charge in [-0.1, -0.05) is 13.8 Å². The van der Waals surface area contributed by atoms with E-state index in [1.807, 2.05) is 0 Å². The van der Waals surface area contributed by atoms with Gasteiger partial charge in [-0.3, -0.25) is 14.5 Å². The van der Waals surface area contributed by atoms with E-state index in [-0.39, 0.29) is 23.2 Å². The topological polar surface area (TPSA) is 46.6 Å². The van der Waals surface area contributed by atoms with E-state index in [2.05, 4.69) is 27.7 Å². The van der Waals surface area contributed by atoms with Crippen LogP contribution in [0.5, 0.6) is 0 Å². The number of hydrogen-bond donors (Lipinski definition) is 0. The van der Waals surface area contributed by atoms with Crippen molar-refractivity contribution in [1.29, 1.82) is 0 Å². The monoisotopic (exact) mass is 327 g/mol. The summed E-state index contributed by atoms with van der Waals surface area (Å²) >= 11 is 1.61. The molecule has 0 radical (unpaired) electrons. The molecule has 1 aliphatic carbocycles. The van der Waals surface area contributed by atoms with Gasteiger partial charge in [-0.2, -0.15) is 0 Å². The summed E-state index contributed by atoms with van der Waals surface area (Å²) in [6.07, 6.45) is 5.20. The van der Waals surface area contributed by atoms with Gasteiger partial charge in [0.15, 0.2) is 0 Å². The van der Waals surface area contributed by atoms with Crippen molar-refractivity contribution in [2.45, 2.75) is 82.5 Å². The Morgan fingerprint density at radius 3 is 2.32 bits per heavy atom. The number of carbonyl (C=O) groups excluding carboxylic acids is 2. The van der Waals surface area contributed by atoms with Crippen molar-refractivity contribution in [2.24, 2.45) is 5.92 Å². The molecule has 4 nitrogen and oxygen atoms in total. The van der Waals surface area contributed by atoms with Crippen LogP contribution in [0, 0.1) is 5.92 Å². The summed E-state index contributed by atoms with van der Waals surface area (Å²) in [5.74, 6) is 0.496. The quantitative estimate of drug-likeness (QED) is 0.703. The molecule has 1 unspecified atom stereocenters. The number of thioether (sulfide) groups is 1. The summed E-state index contributed by atoms with van der Waals surface area (Å²) in [7, 11) is 0. The van der Waals surface area contributed by atoms with Crippen LogP contribution in [0.15, 0.2) is 0 Å². The van der Waals surface area contributed by atoms with Crippen LogP contribution in [0.3, 0.4) is 0 Å². The number of imide groups is 1. The summed E-state index contributed by atoms with van der Waals surface area (Å²) in [6.45, 7) is 8.89. The lowest BCUT2D eigenvalue weighted by molar-refractivity contribution is -0.139. The van der Waals surface area contributed by atoms with Gasteiger partial charge in [0.2, 0.25) is 11.8 Å². The third-order valence-corrected chi connectivity index (χ3v) is 5.58. The van der Waals surface area contributed by atoms with Crippen LogP contribution in [0.4, 0.5) is 0 Å². The average Bonchev–Trinajstić information content (AvgIpc) is 2.67. The van der Waals surface area contributed by atoms with E-state index in [1.54, 1.807) is 11.8 Å². The molecule has 1 aliphatic heterocycles. The zero-order valence-electron chi connectivity index (χ0n) is 14.2. The highest BCUT2D eigenvalue weighted by atomic mass is 32.2. The third-order valence-electron chi connectivity index (χ3n) is 4.34. The zero-order chi connectivity index (χ0) is 16.3. The van der Waals surface area contributed by atoms with Gasteiger partial charge in [-0.25, -0.2) is 0 Å². The number of carbonyl (C=O) groups is 2. The molecule has 126 valence electrons. The Morgan fingerprint density at radius 1 is 1.14 bits per heavy atom. The first kappa shape index (κ1) is 17.8. The van der Waals surface area contributed by atoms with Crippen LogP contribution >= 0.6 is 11.8 Å². The summed E-state index contributed by atoms with van der Waals surface area (Å²) < 4.78 is 5.86. The molecule has 2 amide bonds.